The molecule has 1 saturated carbocycles. The summed E-state index contributed by atoms with van der Waals surface area (Å²) >= 11 is 0. The standard InChI is InChI=1S/C16H32/c1-12(2)10-11-13(3)15(5)16-9-7-6-8-14(16)4/h12-16H,6-11H2,1-5H3. The Morgan fingerprint density at radius 3 is 2.12 bits per heavy atom. The van der Waals surface area contributed by atoms with Crippen LogP contribution in [0.4, 0.5) is 0 Å². The summed E-state index contributed by atoms with van der Waals surface area (Å²) in [6, 6.07) is 0. The molecule has 1 fully saturated rings. The zero-order valence-electron chi connectivity index (χ0n) is 12.1. The highest BCUT2D eigenvalue weighted by Crippen LogP contribution is 2.39. The van der Waals surface area contributed by atoms with E-state index in [2.05, 4.69) is 34.6 Å². The zero-order valence-corrected chi connectivity index (χ0v) is 12.1. The molecule has 4 unspecified atom stereocenters. The molecule has 0 heterocycles. The molecule has 4 atom stereocenters. The fourth-order valence-corrected chi connectivity index (χ4v) is 3.41. The van der Waals surface area contributed by atoms with Gasteiger partial charge in [0.2, 0.25) is 0 Å². The van der Waals surface area contributed by atoms with Gasteiger partial charge in [0.1, 0.15) is 0 Å². The van der Waals surface area contributed by atoms with E-state index in [9.17, 15) is 0 Å². The molecular formula is C16H32. The molecule has 0 bridgehead atoms. The first-order valence-corrected chi connectivity index (χ1v) is 7.52. The van der Waals surface area contributed by atoms with Crippen LogP contribution in [-0.4, -0.2) is 0 Å². The Morgan fingerprint density at radius 2 is 1.56 bits per heavy atom. The average Bonchev–Trinajstić information content (AvgIpc) is 2.25. The third-order valence-corrected chi connectivity index (χ3v) is 4.95. The predicted molar refractivity (Wildman–Crippen MR) is 73.5 cm³/mol. The maximum atomic E-state index is 2.51. The van der Waals surface area contributed by atoms with E-state index in [0.29, 0.717) is 0 Å². The summed E-state index contributed by atoms with van der Waals surface area (Å²) in [6.07, 6.45) is 8.77. The SMILES string of the molecule is CC(C)CCC(C)C(C)C1CCCCC1C. The fourth-order valence-electron chi connectivity index (χ4n) is 3.41. The second kappa shape index (κ2) is 6.67. The van der Waals surface area contributed by atoms with Gasteiger partial charge in [-0.1, -0.05) is 66.7 Å². The van der Waals surface area contributed by atoms with Crippen molar-refractivity contribution in [3.8, 4) is 0 Å². The van der Waals surface area contributed by atoms with Crippen LogP contribution in [0.1, 0.15) is 73.1 Å². The normalized spacial score (nSPS) is 30.4. The van der Waals surface area contributed by atoms with Crippen molar-refractivity contribution >= 4 is 0 Å². The van der Waals surface area contributed by atoms with Crippen molar-refractivity contribution in [2.45, 2.75) is 73.1 Å². The second-order valence-electron chi connectivity index (χ2n) is 6.73. The molecular weight excluding hydrogens is 192 g/mol. The topological polar surface area (TPSA) is 0 Å². The van der Waals surface area contributed by atoms with Crippen LogP contribution in [0.25, 0.3) is 0 Å². The number of hydrogen-bond acceptors (Lipinski definition) is 0. The van der Waals surface area contributed by atoms with E-state index in [1.54, 1.807) is 0 Å². The molecule has 0 amide bonds. The van der Waals surface area contributed by atoms with E-state index in [1.165, 1.54) is 38.5 Å². The van der Waals surface area contributed by atoms with E-state index in [0.717, 1.165) is 29.6 Å². The molecule has 0 nitrogen and oxygen atoms in total. The molecule has 96 valence electrons. The van der Waals surface area contributed by atoms with Gasteiger partial charge in [0.05, 0.1) is 0 Å². The molecule has 0 aromatic carbocycles. The van der Waals surface area contributed by atoms with Gasteiger partial charge in [-0.05, 0) is 36.0 Å². The maximum absolute atomic E-state index is 2.51. The first-order valence-electron chi connectivity index (χ1n) is 7.52. The summed E-state index contributed by atoms with van der Waals surface area (Å²) in [5, 5.41) is 0. The monoisotopic (exact) mass is 224 g/mol. The van der Waals surface area contributed by atoms with Crippen LogP contribution >= 0.6 is 0 Å². The Kier molecular flexibility index (Phi) is 5.86. The van der Waals surface area contributed by atoms with Crippen molar-refractivity contribution in [2.75, 3.05) is 0 Å². The fraction of sp³-hybridized carbons (Fsp3) is 1.00. The Hall–Kier alpha value is 0. The lowest BCUT2D eigenvalue weighted by molar-refractivity contribution is 0.137. The third kappa shape index (κ3) is 4.11. The lowest BCUT2D eigenvalue weighted by Gasteiger charge is -2.36. The molecule has 0 aromatic heterocycles. The minimum atomic E-state index is 0.874. The summed E-state index contributed by atoms with van der Waals surface area (Å²) in [6.45, 7) is 12.2. The second-order valence-corrected chi connectivity index (χ2v) is 6.73. The lowest BCUT2D eigenvalue weighted by Crippen LogP contribution is -2.27. The van der Waals surface area contributed by atoms with Crippen LogP contribution in [0.15, 0.2) is 0 Å². The van der Waals surface area contributed by atoms with Crippen molar-refractivity contribution in [1.29, 1.82) is 0 Å². The molecule has 0 radical (unpaired) electrons. The maximum Gasteiger partial charge on any atom is -0.0360 e. The van der Waals surface area contributed by atoms with Crippen LogP contribution in [-0.2, 0) is 0 Å². The molecule has 1 aliphatic carbocycles. The summed E-state index contributed by atoms with van der Waals surface area (Å²) in [4.78, 5) is 0. The van der Waals surface area contributed by atoms with E-state index in [1.807, 2.05) is 0 Å². The molecule has 1 aliphatic rings. The Bertz CT molecular complexity index is 182. The van der Waals surface area contributed by atoms with Crippen molar-refractivity contribution in [3.05, 3.63) is 0 Å². The van der Waals surface area contributed by atoms with Crippen molar-refractivity contribution in [1.82, 2.24) is 0 Å². The zero-order chi connectivity index (χ0) is 12.1. The highest BCUT2D eigenvalue weighted by molar-refractivity contribution is 4.79. The Balaban J connectivity index is 2.38. The van der Waals surface area contributed by atoms with E-state index < -0.39 is 0 Å². The van der Waals surface area contributed by atoms with Gasteiger partial charge in [-0.15, -0.1) is 0 Å². The highest BCUT2D eigenvalue weighted by Gasteiger charge is 2.29. The minimum Gasteiger partial charge on any atom is -0.0628 e. The smallest absolute Gasteiger partial charge is 0.0360 e. The molecule has 1 rings (SSSR count). The Labute approximate surface area is 103 Å². The van der Waals surface area contributed by atoms with Gasteiger partial charge in [0.15, 0.2) is 0 Å². The van der Waals surface area contributed by atoms with Crippen LogP contribution in [0, 0.1) is 29.6 Å². The van der Waals surface area contributed by atoms with Crippen LogP contribution in [0.3, 0.4) is 0 Å². The first-order chi connectivity index (χ1) is 7.52. The van der Waals surface area contributed by atoms with Gasteiger partial charge >= 0.3 is 0 Å². The number of hydrogen-bond donors (Lipinski definition) is 0. The van der Waals surface area contributed by atoms with Crippen LogP contribution in [0.2, 0.25) is 0 Å². The quantitative estimate of drug-likeness (QED) is 0.576. The van der Waals surface area contributed by atoms with Gasteiger partial charge in [-0.2, -0.15) is 0 Å². The van der Waals surface area contributed by atoms with Gasteiger partial charge in [-0.3, -0.25) is 0 Å². The van der Waals surface area contributed by atoms with Gasteiger partial charge in [0, 0.05) is 0 Å². The molecule has 0 aromatic rings. The predicted octanol–water partition coefficient (Wildman–Crippen LogP) is 5.52. The Morgan fingerprint density at radius 1 is 0.938 bits per heavy atom. The van der Waals surface area contributed by atoms with Gasteiger partial charge in [-0.25, -0.2) is 0 Å². The van der Waals surface area contributed by atoms with Crippen molar-refractivity contribution < 1.29 is 0 Å². The molecule has 0 heteroatoms. The highest BCUT2D eigenvalue weighted by atomic mass is 14.3. The summed E-state index contributed by atoms with van der Waals surface area (Å²) in [5.74, 6) is 4.72. The summed E-state index contributed by atoms with van der Waals surface area (Å²) in [7, 11) is 0. The van der Waals surface area contributed by atoms with Crippen LogP contribution in [0.5, 0.6) is 0 Å². The van der Waals surface area contributed by atoms with Crippen molar-refractivity contribution in [2.24, 2.45) is 29.6 Å². The molecule has 0 aliphatic heterocycles. The average molecular weight is 224 g/mol. The third-order valence-electron chi connectivity index (χ3n) is 4.95. The molecule has 0 spiro atoms. The summed E-state index contributed by atoms with van der Waals surface area (Å²) in [5.41, 5.74) is 0. The largest absolute Gasteiger partial charge is 0.0628 e. The summed E-state index contributed by atoms with van der Waals surface area (Å²) < 4.78 is 0. The van der Waals surface area contributed by atoms with Crippen LogP contribution < -0.4 is 0 Å². The van der Waals surface area contributed by atoms with E-state index in [4.69, 9.17) is 0 Å². The van der Waals surface area contributed by atoms with E-state index in [-0.39, 0.29) is 0 Å². The molecule has 0 N–H and O–H groups in total. The first kappa shape index (κ1) is 14.1. The minimum absolute atomic E-state index is 0.874. The number of rotatable bonds is 5. The van der Waals surface area contributed by atoms with Crippen molar-refractivity contribution in [3.63, 3.8) is 0 Å². The lowest BCUT2D eigenvalue weighted by atomic mass is 9.69. The van der Waals surface area contributed by atoms with Gasteiger partial charge in [0.25, 0.3) is 0 Å². The van der Waals surface area contributed by atoms with E-state index >= 15 is 0 Å². The molecule has 16 heavy (non-hydrogen) atoms. The molecule has 0 saturated heterocycles. The van der Waals surface area contributed by atoms with Gasteiger partial charge < -0.3 is 0 Å².